The topological polar surface area (TPSA) is 121 Å². The van der Waals surface area contributed by atoms with Crippen molar-refractivity contribution in [1.82, 2.24) is 19.9 Å². The molecular weight excluding hydrogens is 422 g/mol. The molecule has 0 bridgehead atoms. The number of ether oxygens (including phenoxy) is 2. The lowest BCUT2D eigenvalue weighted by molar-refractivity contribution is -0.0849. The summed E-state index contributed by atoms with van der Waals surface area (Å²) in [6.45, 7) is 1.06. The molecule has 0 saturated heterocycles. The lowest BCUT2D eigenvalue weighted by Gasteiger charge is -2.57. The summed E-state index contributed by atoms with van der Waals surface area (Å²) >= 11 is 0. The van der Waals surface area contributed by atoms with Gasteiger partial charge in [0.1, 0.15) is 11.7 Å². The molecule has 3 aromatic rings. The van der Waals surface area contributed by atoms with E-state index in [2.05, 4.69) is 15.4 Å². The number of amides is 2. The molecule has 33 heavy (non-hydrogen) atoms. The van der Waals surface area contributed by atoms with Crippen LogP contribution in [-0.4, -0.2) is 45.2 Å². The smallest absolute Gasteiger partial charge is 0.255 e. The second-order valence-corrected chi connectivity index (χ2v) is 9.43. The maximum absolute atomic E-state index is 12.7. The predicted octanol–water partition coefficient (Wildman–Crippen LogP) is 2.02. The Bertz CT molecular complexity index is 1250. The largest absolute Gasteiger partial charge is 0.474 e. The Morgan fingerprint density at radius 2 is 2.06 bits per heavy atom. The minimum Gasteiger partial charge on any atom is -0.474 e. The third-order valence-corrected chi connectivity index (χ3v) is 7.13. The van der Waals surface area contributed by atoms with Crippen LogP contribution in [0, 0.1) is 5.41 Å². The van der Waals surface area contributed by atoms with Crippen LogP contribution in [-0.2, 0) is 17.8 Å². The van der Waals surface area contributed by atoms with Gasteiger partial charge in [0, 0.05) is 24.2 Å². The van der Waals surface area contributed by atoms with E-state index in [4.69, 9.17) is 15.2 Å². The van der Waals surface area contributed by atoms with E-state index in [1.54, 1.807) is 16.8 Å². The third-order valence-electron chi connectivity index (χ3n) is 7.13. The van der Waals surface area contributed by atoms with Crippen molar-refractivity contribution in [3.05, 3.63) is 59.0 Å². The zero-order chi connectivity index (χ0) is 22.6. The number of carbonyl (C=O) groups excluding carboxylic acids is 2. The molecular formula is C24H25N5O4. The van der Waals surface area contributed by atoms with Gasteiger partial charge < -0.3 is 20.5 Å². The van der Waals surface area contributed by atoms with Gasteiger partial charge in [-0.2, -0.15) is 5.10 Å². The first kappa shape index (κ1) is 20.2. The second-order valence-electron chi connectivity index (χ2n) is 9.43. The van der Waals surface area contributed by atoms with Gasteiger partial charge in [0.05, 0.1) is 36.2 Å². The normalized spacial score (nSPS) is 25.7. The molecule has 1 spiro atoms. The van der Waals surface area contributed by atoms with Gasteiger partial charge in [-0.15, -0.1) is 0 Å². The summed E-state index contributed by atoms with van der Waals surface area (Å²) < 4.78 is 13.3. The van der Waals surface area contributed by atoms with Crippen molar-refractivity contribution >= 4 is 17.3 Å². The molecule has 0 radical (unpaired) electrons. The summed E-state index contributed by atoms with van der Waals surface area (Å²) in [7, 11) is 0. The molecule has 0 unspecified atom stereocenters. The zero-order valence-corrected chi connectivity index (χ0v) is 18.1. The quantitative estimate of drug-likeness (QED) is 0.617. The average molecular weight is 447 g/mol. The molecule has 0 atom stereocenters. The number of primary amides is 1. The predicted molar refractivity (Wildman–Crippen MR) is 118 cm³/mol. The van der Waals surface area contributed by atoms with Crippen LogP contribution in [0.2, 0.25) is 0 Å². The Morgan fingerprint density at radius 3 is 2.88 bits per heavy atom. The number of rotatable bonds is 5. The molecule has 0 aromatic carbocycles. The maximum atomic E-state index is 12.7. The van der Waals surface area contributed by atoms with E-state index >= 15 is 0 Å². The van der Waals surface area contributed by atoms with Crippen LogP contribution in [0.4, 0.5) is 0 Å². The first-order valence-electron chi connectivity index (χ1n) is 11.3. The van der Waals surface area contributed by atoms with Crippen LogP contribution < -0.4 is 15.8 Å². The zero-order valence-electron chi connectivity index (χ0n) is 18.1. The van der Waals surface area contributed by atoms with Crippen LogP contribution in [0.15, 0.2) is 36.7 Å². The molecule has 2 fully saturated rings. The number of hydrogen-bond donors (Lipinski definition) is 2. The SMILES string of the molecule is NC(=O)c1cc2c(nc1OC1CC3(CC(NC(=O)c4cnn5ccccc45)C3)C1)CCOC2. The first-order valence-corrected chi connectivity index (χ1v) is 11.3. The van der Waals surface area contributed by atoms with Crippen molar-refractivity contribution < 1.29 is 19.1 Å². The second kappa shape index (κ2) is 7.55. The number of pyridine rings is 2. The average Bonchev–Trinajstić information content (AvgIpc) is 3.19. The van der Waals surface area contributed by atoms with E-state index in [1.165, 1.54) is 0 Å². The number of hydrogen-bond acceptors (Lipinski definition) is 6. The Hall–Kier alpha value is -3.46. The number of aromatic nitrogens is 3. The molecule has 4 heterocycles. The van der Waals surface area contributed by atoms with Crippen LogP contribution in [0.1, 0.15) is 57.7 Å². The minimum atomic E-state index is -0.543. The van der Waals surface area contributed by atoms with Crippen LogP contribution >= 0.6 is 0 Å². The number of fused-ring (bicyclic) bond motifs is 2. The summed E-state index contributed by atoms with van der Waals surface area (Å²) in [5, 5.41) is 7.37. The summed E-state index contributed by atoms with van der Waals surface area (Å²) in [6, 6.07) is 7.58. The highest BCUT2D eigenvalue weighted by atomic mass is 16.5. The fourth-order valence-electron chi connectivity index (χ4n) is 5.47. The van der Waals surface area contributed by atoms with E-state index in [0.29, 0.717) is 36.6 Å². The van der Waals surface area contributed by atoms with Gasteiger partial charge in [0.25, 0.3) is 11.8 Å². The highest BCUT2D eigenvalue weighted by Gasteiger charge is 2.54. The first-order chi connectivity index (χ1) is 16.0. The minimum absolute atomic E-state index is 0.00441. The molecule has 9 nitrogen and oxygen atoms in total. The van der Waals surface area contributed by atoms with Crippen molar-refractivity contribution in [2.75, 3.05) is 6.61 Å². The molecule has 1 aliphatic heterocycles. The van der Waals surface area contributed by atoms with E-state index in [9.17, 15) is 9.59 Å². The summed E-state index contributed by atoms with van der Waals surface area (Å²) in [5.41, 5.74) is 9.28. The van der Waals surface area contributed by atoms with Gasteiger partial charge in [-0.1, -0.05) is 6.07 Å². The molecule has 2 amide bonds. The molecule has 3 aromatic heterocycles. The Balaban J connectivity index is 1.06. The fourth-order valence-corrected chi connectivity index (χ4v) is 5.47. The highest BCUT2D eigenvalue weighted by Crippen LogP contribution is 2.56. The molecule has 6 rings (SSSR count). The van der Waals surface area contributed by atoms with E-state index in [1.807, 2.05) is 24.4 Å². The van der Waals surface area contributed by atoms with Crippen LogP contribution in [0.25, 0.3) is 5.52 Å². The van der Waals surface area contributed by atoms with Crippen molar-refractivity contribution in [3.8, 4) is 5.88 Å². The molecule has 2 saturated carbocycles. The maximum Gasteiger partial charge on any atom is 0.255 e. The Labute approximate surface area is 190 Å². The lowest BCUT2D eigenvalue weighted by Crippen LogP contribution is -2.58. The molecule has 3 aliphatic rings. The van der Waals surface area contributed by atoms with Gasteiger partial charge in [-0.3, -0.25) is 9.59 Å². The van der Waals surface area contributed by atoms with Crippen molar-refractivity contribution in [2.45, 2.75) is 50.9 Å². The van der Waals surface area contributed by atoms with Crippen LogP contribution in [0.3, 0.4) is 0 Å². The standard InChI is InChI=1S/C24H25N5O4/c25-21(30)17-7-14-13-32-6-4-19(14)28-23(17)33-16-10-24(11-16)8-15(9-24)27-22(31)18-12-26-29-5-2-1-3-20(18)29/h1-3,5,7,12,15-16H,4,6,8-11,13H2,(H2,25,30)(H,27,31). The monoisotopic (exact) mass is 447 g/mol. The van der Waals surface area contributed by atoms with Crippen molar-refractivity contribution in [2.24, 2.45) is 11.1 Å². The number of nitrogens with two attached hydrogens (primary N) is 1. The Kier molecular flexibility index (Phi) is 4.62. The number of nitrogens with one attached hydrogen (secondary N) is 1. The van der Waals surface area contributed by atoms with Crippen molar-refractivity contribution in [3.63, 3.8) is 0 Å². The van der Waals surface area contributed by atoms with Gasteiger partial charge in [-0.25, -0.2) is 9.50 Å². The van der Waals surface area contributed by atoms with E-state index in [-0.39, 0.29) is 23.5 Å². The highest BCUT2D eigenvalue weighted by molar-refractivity contribution is 6.00. The third kappa shape index (κ3) is 3.52. The lowest BCUT2D eigenvalue weighted by atomic mass is 9.53. The summed E-state index contributed by atoms with van der Waals surface area (Å²) in [4.78, 5) is 29.2. The number of nitrogens with zero attached hydrogens (tertiary/aromatic N) is 3. The number of carbonyl (C=O) groups is 2. The van der Waals surface area contributed by atoms with E-state index < -0.39 is 5.91 Å². The van der Waals surface area contributed by atoms with Gasteiger partial charge in [0.15, 0.2) is 0 Å². The summed E-state index contributed by atoms with van der Waals surface area (Å²) in [5.74, 6) is -0.296. The van der Waals surface area contributed by atoms with Crippen molar-refractivity contribution in [1.29, 1.82) is 0 Å². The van der Waals surface area contributed by atoms with Crippen LogP contribution in [0.5, 0.6) is 5.88 Å². The summed E-state index contributed by atoms with van der Waals surface area (Å²) in [6.07, 6.45) is 7.77. The molecule has 3 N–H and O–H groups in total. The van der Waals surface area contributed by atoms with Gasteiger partial charge in [0.2, 0.25) is 5.88 Å². The molecule has 2 aliphatic carbocycles. The van der Waals surface area contributed by atoms with Gasteiger partial charge in [-0.05, 0) is 49.3 Å². The van der Waals surface area contributed by atoms with E-state index in [0.717, 1.165) is 42.5 Å². The molecule has 170 valence electrons. The Morgan fingerprint density at radius 1 is 1.21 bits per heavy atom. The fraction of sp³-hybridized carbons (Fsp3) is 0.417. The van der Waals surface area contributed by atoms with Gasteiger partial charge >= 0.3 is 0 Å². The molecule has 9 heteroatoms.